The first kappa shape index (κ1) is 11.1. The molecular formula is C18H12O2. The van der Waals surface area contributed by atoms with Crippen LogP contribution >= 0.6 is 0 Å². The third-order valence-electron chi connectivity index (χ3n) is 3.55. The molecule has 3 aromatic carbocycles. The molecule has 96 valence electrons. The average Bonchev–Trinajstić information content (AvgIpc) is 2.86. The van der Waals surface area contributed by atoms with Gasteiger partial charge in [0.15, 0.2) is 0 Å². The van der Waals surface area contributed by atoms with Crippen molar-refractivity contribution >= 4 is 21.9 Å². The number of phenolic OH excluding ortho intramolecular Hbond substituents is 1. The van der Waals surface area contributed by atoms with Gasteiger partial charge in [-0.05, 0) is 23.8 Å². The van der Waals surface area contributed by atoms with Crippen LogP contribution in [0.3, 0.4) is 0 Å². The number of hydrogen-bond donors (Lipinski definition) is 1. The van der Waals surface area contributed by atoms with Crippen molar-refractivity contribution in [2.75, 3.05) is 0 Å². The van der Waals surface area contributed by atoms with Crippen molar-refractivity contribution in [3.05, 3.63) is 66.7 Å². The van der Waals surface area contributed by atoms with Gasteiger partial charge in [0, 0.05) is 16.3 Å². The van der Waals surface area contributed by atoms with E-state index in [-0.39, 0.29) is 5.75 Å². The van der Waals surface area contributed by atoms with E-state index in [1.54, 1.807) is 12.1 Å². The monoisotopic (exact) mass is 260 g/mol. The molecule has 0 saturated carbocycles. The number of hydrogen-bond acceptors (Lipinski definition) is 2. The first-order valence-electron chi connectivity index (χ1n) is 6.52. The Hall–Kier alpha value is -2.74. The first-order chi connectivity index (χ1) is 9.83. The standard InChI is InChI=1S/C18H12O2/c19-13-10-15(12-6-2-1-3-7-12)18-16(11-13)14-8-4-5-9-17(14)20-18/h1-11,19H. The van der Waals surface area contributed by atoms with Gasteiger partial charge in [-0.25, -0.2) is 0 Å². The predicted octanol–water partition coefficient (Wildman–Crippen LogP) is 4.96. The molecule has 2 heteroatoms. The molecule has 0 aliphatic carbocycles. The molecule has 0 spiro atoms. The summed E-state index contributed by atoms with van der Waals surface area (Å²) in [4.78, 5) is 0. The molecule has 0 atom stereocenters. The second-order valence-corrected chi connectivity index (χ2v) is 4.83. The minimum Gasteiger partial charge on any atom is -0.508 e. The van der Waals surface area contributed by atoms with E-state index in [1.807, 2.05) is 54.6 Å². The first-order valence-corrected chi connectivity index (χ1v) is 6.52. The van der Waals surface area contributed by atoms with Crippen LogP contribution in [-0.2, 0) is 0 Å². The average molecular weight is 260 g/mol. The molecule has 0 amide bonds. The van der Waals surface area contributed by atoms with Gasteiger partial charge in [-0.2, -0.15) is 0 Å². The molecule has 1 N–H and O–H groups in total. The summed E-state index contributed by atoms with van der Waals surface area (Å²) >= 11 is 0. The van der Waals surface area contributed by atoms with E-state index in [1.165, 1.54) is 0 Å². The van der Waals surface area contributed by atoms with E-state index in [0.717, 1.165) is 33.1 Å². The molecule has 0 unspecified atom stereocenters. The van der Waals surface area contributed by atoms with Crippen LogP contribution in [0.15, 0.2) is 71.1 Å². The topological polar surface area (TPSA) is 33.4 Å². The highest BCUT2D eigenvalue weighted by Crippen LogP contribution is 2.38. The number of furan rings is 1. The van der Waals surface area contributed by atoms with Gasteiger partial charge in [0.25, 0.3) is 0 Å². The molecule has 4 aromatic rings. The summed E-state index contributed by atoms with van der Waals surface area (Å²) < 4.78 is 5.98. The lowest BCUT2D eigenvalue weighted by Crippen LogP contribution is -1.78. The maximum Gasteiger partial charge on any atom is 0.143 e. The summed E-state index contributed by atoms with van der Waals surface area (Å²) in [6, 6.07) is 21.4. The highest BCUT2D eigenvalue weighted by Gasteiger charge is 2.13. The van der Waals surface area contributed by atoms with Gasteiger partial charge >= 0.3 is 0 Å². The number of benzene rings is 3. The number of phenols is 1. The summed E-state index contributed by atoms with van der Waals surface area (Å²) in [6.07, 6.45) is 0. The van der Waals surface area contributed by atoms with Crippen molar-refractivity contribution in [3.63, 3.8) is 0 Å². The van der Waals surface area contributed by atoms with Gasteiger partial charge < -0.3 is 9.52 Å². The SMILES string of the molecule is Oc1cc(-c2ccccc2)c2oc3ccccc3c2c1. The predicted molar refractivity (Wildman–Crippen MR) is 80.8 cm³/mol. The maximum absolute atomic E-state index is 10.0. The third kappa shape index (κ3) is 1.58. The van der Waals surface area contributed by atoms with Crippen molar-refractivity contribution in [1.29, 1.82) is 0 Å². The maximum atomic E-state index is 10.0. The summed E-state index contributed by atoms with van der Waals surface area (Å²) in [5, 5.41) is 12.0. The Labute approximate surface area is 115 Å². The molecule has 0 saturated heterocycles. The van der Waals surface area contributed by atoms with Crippen LogP contribution in [0.25, 0.3) is 33.1 Å². The van der Waals surface area contributed by atoms with E-state index in [0.29, 0.717) is 0 Å². The lowest BCUT2D eigenvalue weighted by molar-refractivity contribution is 0.476. The van der Waals surface area contributed by atoms with Crippen molar-refractivity contribution in [2.45, 2.75) is 0 Å². The lowest BCUT2D eigenvalue weighted by Gasteiger charge is -2.03. The normalized spacial score (nSPS) is 11.2. The highest BCUT2D eigenvalue weighted by atomic mass is 16.3. The number of para-hydroxylation sites is 1. The fourth-order valence-electron chi connectivity index (χ4n) is 2.64. The Balaban J connectivity index is 2.16. The quantitative estimate of drug-likeness (QED) is 0.525. The molecule has 0 fully saturated rings. The molecular weight excluding hydrogens is 248 g/mol. The van der Waals surface area contributed by atoms with Gasteiger partial charge in [-0.1, -0.05) is 48.5 Å². The molecule has 1 heterocycles. The third-order valence-corrected chi connectivity index (χ3v) is 3.55. The second kappa shape index (κ2) is 4.14. The minimum atomic E-state index is 0.253. The van der Waals surface area contributed by atoms with Gasteiger partial charge in [-0.15, -0.1) is 0 Å². The van der Waals surface area contributed by atoms with Gasteiger partial charge in [0.1, 0.15) is 16.9 Å². The Morgan fingerprint density at radius 3 is 2.35 bits per heavy atom. The van der Waals surface area contributed by atoms with Crippen molar-refractivity contribution in [2.24, 2.45) is 0 Å². The fourth-order valence-corrected chi connectivity index (χ4v) is 2.64. The summed E-state index contributed by atoms with van der Waals surface area (Å²) in [5.41, 5.74) is 3.60. The van der Waals surface area contributed by atoms with E-state index < -0.39 is 0 Å². The smallest absolute Gasteiger partial charge is 0.143 e. The molecule has 0 bridgehead atoms. The fraction of sp³-hybridized carbons (Fsp3) is 0. The van der Waals surface area contributed by atoms with Crippen LogP contribution in [0, 0.1) is 0 Å². The largest absolute Gasteiger partial charge is 0.508 e. The van der Waals surface area contributed by atoms with E-state index in [4.69, 9.17) is 4.42 Å². The van der Waals surface area contributed by atoms with E-state index in [2.05, 4.69) is 0 Å². The zero-order chi connectivity index (χ0) is 13.5. The molecule has 4 rings (SSSR count). The molecule has 0 aliphatic heterocycles. The van der Waals surface area contributed by atoms with Gasteiger partial charge in [0.2, 0.25) is 0 Å². The molecule has 20 heavy (non-hydrogen) atoms. The Morgan fingerprint density at radius 1 is 0.750 bits per heavy atom. The van der Waals surface area contributed by atoms with Gasteiger partial charge in [-0.3, -0.25) is 0 Å². The van der Waals surface area contributed by atoms with E-state index in [9.17, 15) is 5.11 Å². The zero-order valence-corrected chi connectivity index (χ0v) is 10.7. The van der Waals surface area contributed by atoms with Gasteiger partial charge in [0.05, 0.1) is 0 Å². The summed E-state index contributed by atoms with van der Waals surface area (Å²) in [7, 11) is 0. The van der Waals surface area contributed by atoms with Crippen molar-refractivity contribution in [1.82, 2.24) is 0 Å². The van der Waals surface area contributed by atoms with Crippen LogP contribution in [0.4, 0.5) is 0 Å². The lowest BCUT2D eigenvalue weighted by atomic mass is 10.0. The molecule has 0 aliphatic rings. The second-order valence-electron chi connectivity index (χ2n) is 4.83. The van der Waals surface area contributed by atoms with E-state index >= 15 is 0 Å². The molecule has 1 aromatic heterocycles. The Bertz CT molecular complexity index is 905. The Kier molecular flexibility index (Phi) is 2.30. The van der Waals surface area contributed by atoms with Crippen LogP contribution < -0.4 is 0 Å². The minimum absolute atomic E-state index is 0.253. The number of aromatic hydroxyl groups is 1. The van der Waals surface area contributed by atoms with Crippen LogP contribution in [0.5, 0.6) is 5.75 Å². The highest BCUT2D eigenvalue weighted by molar-refractivity contribution is 6.10. The summed E-state index contributed by atoms with van der Waals surface area (Å²) in [6.45, 7) is 0. The van der Waals surface area contributed by atoms with Crippen LogP contribution in [0.2, 0.25) is 0 Å². The Morgan fingerprint density at radius 2 is 1.50 bits per heavy atom. The van der Waals surface area contributed by atoms with Crippen molar-refractivity contribution in [3.8, 4) is 16.9 Å². The zero-order valence-electron chi connectivity index (χ0n) is 10.7. The molecule has 0 radical (unpaired) electrons. The van der Waals surface area contributed by atoms with Crippen molar-refractivity contribution < 1.29 is 9.52 Å². The summed E-state index contributed by atoms with van der Waals surface area (Å²) in [5.74, 6) is 0.253. The number of rotatable bonds is 1. The molecule has 2 nitrogen and oxygen atoms in total. The van der Waals surface area contributed by atoms with Crippen LogP contribution in [-0.4, -0.2) is 5.11 Å². The van der Waals surface area contributed by atoms with Crippen LogP contribution in [0.1, 0.15) is 0 Å². The number of fused-ring (bicyclic) bond motifs is 3.